The Balaban J connectivity index is 0.00000168. The van der Waals surface area contributed by atoms with Crippen LogP contribution in [0.25, 0.3) is 0 Å². The van der Waals surface area contributed by atoms with Gasteiger partial charge >= 0.3 is 225 Å². The van der Waals surface area contributed by atoms with E-state index in [1.165, 1.54) is 51.4 Å². The molecule has 0 fully saturated rings. The molecular formula is C33H32Cl2O2Ti. The van der Waals surface area contributed by atoms with Gasteiger partial charge in [0, 0.05) is 0 Å². The Bertz CT molecular complexity index is 1170. The topological polar surface area (TPSA) is 26.3 Å². The summed E-state index contributed by atoms with van der Waals surface area (Å²) in [6, 6.07) is 30.6. The number of benzene rings is 3. The molecule has 0 heterocycles. The summed E-state index contributed by atoms with van der Waals surface area (Å²) in [4.78, 5) is 14.5. The molecule has 5 heteroatoms. The summed E-state index contributed by atoms with van der Waals surface area (Å²) in [6.07, 6.45) is 10.0. The molecule has 0 unspecified atom stereocenters. The van der Waals surface area contributed by atoms with Crippen molar-refractivity contribution in [3.8, 4) is 0 Å². The monoisotopic (exact) mass is 578 g/mol. The number of carbonyl (C=O) groups is 1. The summed E-state index contributed by atoms with van der Waals surface area (Å²) in [7, 11) is 0. The van der Waals surface area contributed by atoms with Crippen LogP contribution in [0, 0.1) is 0 Å². The van der Waals surface area contributed by atoms with Crippen LogP contribution in [-0.2, 0) is 33.1 Å². The molecule has 0 N–H and O–H groups in total. The minimum Gasteiger partial charge on any atom is -1.00 e. The number of hydrogen-bond acceptors (Lipinski definition) is 2. The van der Waals surface area contributed by atoms with E-state index in [4.69, 9.17) is 3.32 Å². The summed E-state index contributed by atoms with van der Waals surface area (Å²) in [5.41, 5.74) is 8.46. The molecule has 3 aromatic carbocycles. The van der Waals surface area contributed by atoms with Crippen LogP contribution >= 0.6 is 0 Å². The third kappa shape index (κ3) is 5.09. The molecule has 0 spiro atoms. The molecule has 194 valence electrons. The predicted octanol–water partition coefficient (Wildman–Crippen LogP) is 2.11. The van der Waals surface area contributed by atoms with Crippen LogP contribution in [0.1, 0.15) is 68.1 Å². The molecule has 3 aromatic rings. The molecule has 0 atom stereocenters. The van der Waals surface area contributed by atoms with E-state index in [1.807, 2.05) is 54.6 Å². The van der Waals surface area contributed by atoms with E-state index in [2.05, 4.69) is 36.4 Å². The summed E-state index contributed by atoms with van der Waals surface area (Å²) in [6.45, 7) is 0. The molecule has 0 aromatic heterocycles. The van der Waals surface area contributed by atoms with Crippen molar-refractivity contribution >= 4 is 5.97 Å². The van der Waals surface area contributed by atoms with Gasteiger partial charge in [0.1, 0.15) is 0 Å². The van der Waals surface area contributed by atoms with Crippen molar-refractivity contribution in [3.05, 3.63) is 130 Å². The Kier molecular flexibility index (Phi) is 9.76. The van der Waals surface area contributed by atoms with E-state index >= 15 is 0 Å². The Morgan fingerprint density at radius 1 is 0.605 bits per heavy atom. The SMILES string of the molecule is O=C([O][Ti+2][CH]1C2=C(CCCC2)C2=C1CCCC2)C(c1ccccc1)(c1ccccc1)c1ccccc1.[Cl-].[Cl-]. The summed E-state index contributed by atoms with van der Waals surface area (Å²) >= 11 is -0.991. The number of rotatable bonds is 6. The van der Waals surface area contributed by atoms with Gasteiger partial charge in [-0.2, -0.15) is 0 Å². The average molecular weight is 579 g/mol. The number of carbonyl (C=O) groups excluding carboxylic acids is 1. The first-order valence-electron chi connectivity index (χ1n) is 13.4. The fraction of sp³-hybridized carbons (Fsp3) is 0.303. The maximum atomic E-state index is 14.5. The van der Waals surface area contributed by atoms with Crippen LogP contribution in [0.4, 0.5) is 0 Å². The van der Waals surface area contributed by atoms with Crippen molar-refractivity contribution in [2.45, 2.75) is 61.0 Å². The third-order valence-electron chi connectivity index (χ3n) is 8.28. The van der Waals surface area contributed by atoms with Gasteiger partial charge in [-0.15, -0.1) is 0 Å². The molecule has 0 saturated carbocycles. The van der Waals surface area contributed by atoms with Gasteiger partial charge in [-0.05, 0) is 0 Å². The van der Waals surface area contributed by atoms with Gasteiger partial charge in [0.2, 0.25) is 0 Å². The molecular weight excluding hydrogens is 547 g/mol. The number of fused-ring (bicyclic) bond motifs is 1. The van der Waals surface area contributed by atoms with Gasteiger partial charge in [0.25, 0.3) is 0 Å². The first-order chi connectivity index (χ1) is 17.8. The van der Waals surface area contributed by atoms with Crippen LogP contribution < -0.4 is 24.8 Å². The molecule has 2 nitrogen and oxygen atoms in total. The van der Waals surface area contributed by atoms with E-state index in [9.17, 15) is 4.79 Å². The van der Waals surface area contributed by atoms with E-state index in [-0.39, 0.29) is 30.8 Å². The Morgan fingerprint density at radius 3 is 1.37 bits per heavy atom. The maximum absolute atomic E-state index is 14.5. The van der Waals surface area contributed by atoms with Crippen LogP contribution in [0.2, 0.25) is 4.22 Å². The standard InChI is InChI=1S/C20H16O2.C13H17.2ClH.Ti/c21-19(22)20(16-10-4-1-5-11-16,17-12-6-2-7-13-17)18-14-8-3-9-15-18;1-3-7-12-10(5-1)9-11-6-2-4-8-13(11)12;;;/h1-15H,(H,21,22);9H,1-8H2;2*1H;/q;;;;+3/p-3. The molecule has 3 aliphatic carbocycles. The minimum absolute atomic E-state index is 0. The Hall–Kier alpha value is -2.10. The van der Waals surface area contributed by atoms with Crippen LogP contribution in [0.5, 0.6) is 0 Å². The second-order valence-electron chi connectivity index (χ2n) is 10.2. The van der Waals surface area contributed by atoms with Gasteiger partial charge in [-0.3, -0.25) is 0 Å². The summed E-state index contributed by atoms with van der Waals surface area (Å²) in [5.74, 6) is -0.131. The van der Waals surface area contributed by atoms with Crippen LogP contribution in [-0.4, -0.2) is 5.97 Å². The molecule has 0 saturated heterocycles. The maximum Gasteiger partial charge on any atom is -1.00 e. The molecule has 0 amide bonds. The summed E-state index contributed by atoms with van der Waals surface area (Å²) < 4.78 is 6.97. The van der Waals surface area contributed by atoms with Crippen molar-refractivity contribution in [2.24, 2.45) is 0 Å². The summed E-state index contributed by atoms with van der Waals surface area (Å²) in [5, 5.41) is 0. The molecule has 0 bridgehead atoms. The van der Waals surface area contributed by atoms with E-state index in [0.717, 1.165) is 16.7 Å². The smallest absolute Gasteiger partial charge is 1.00 e. The van der Waals surface area contributed by atoms with Gasteiger partial charge in [0.05, 0.1) is 0 Å². The predicted molar refractivity (Wildman–Crippen MR) is 140 cm³/mol. The van der Waals surface area contributed by atoms with Crippen molar-refractivity contribution in [3.63, 3.8) is 0 Å². The molecule has 0 aliphatic heterocycles. The quantitative estimate of drug-likeness (QED) is 0.331. The molecule has 0 radical (unpaired) electrons. The average Bonchev–Trinajstić information content (AvgIpc) is 3.28. The molecule has 3 aliphatic rings. The van der Waals surface area contributed by atoms with E-state index in [0.29, 0.717) is 4.22 Å². The van der Waals surface area contributed by atoms with Gasteiger partial charge in [-0.25, -0.2) is 0 Å². The Morgan fingerprint density at radius 2 is 0.974 bits per heavy atom. The van der Waals surface area contributed by atoms with Gasteiger partial charge < -0.3 is 24.8 Å². The van der Waals surface area contributed by atoms with Gasteiger partial charge in [0.15, 0.2) is 0 Å². The van der Waals surface area contributed by atoms with E-state index < -0.39 is 25.0 Å². The largest absolute Gasteiger partial charge is 1.00 e. The molecule has 38 heavy (non-hydrogen) atoms. The number of halogens is 2. The first kappa shape index (κ1) is 28.9. The number of allylic oxidation sites excluding steroid dienone is 4. The van der Waals surface area contributed by atoms with Crippen molar-refractivity contribution < 1.29 is 52.5 Å². The van der Waals surface area contributed by atoms with Crippen molar-refractivity contribution in [1.82, 2.24) is 0 Å². The fourth-order valence-electron chi connectivity index (χ4n) is 6.64. The zero-order valence-electron chi connectivity index (χ0n) is 21.5. The second kappa shape index (κ2) is 12.8. The van der Waals surface area contributed by atoms with Crippen molar-refractivity contribution in [1.29, 1.82) is 0 Å². The van der Waals surface area contributed by atoms with Crippen LogP contribution in [0.15, 0.2) is 113 Å². The number of hydrogen-bond donors (Lipinski definition) is 0. The zero-order valence-corrected chi connectivity index (χ0v) is 24.5. The fourth-order valence-corrected chi connectivity index (χ4v) is 8.67. The van der Waals surface area contributed by atoms with Crippen LogP contribution in [0.3, 0.4) is 0 Å². The minimum atomic E-state index is -0.991. The Labute approximate surface area is 248 Å². The van der Waals surface area contributed by atoms with E-state index in [1.54, 1.807) is 22.3 Å². The third-order valence-corrected chi connectivity index (χ3v) is 10.2. The van der Waals surface area contributed by atoms with Gasteiger partial charge in [-0.1, -0.05) is 0 Å². The first-order valence-corrected chi connectivity index (χ1v) is 14.9. The van der Waals surface area contributed by atoms with Crippen molar-refractivity contribution in [2.75, 3.05) is 0 Å². The second-order valence-corrected chi connectivity index (χ2v) is 11.8. The molecule has 6 rings (SSSR count). The normalized spacial score (nSPS) is 16.9. The zero-order chi connectivity index (χ0) is 24.4.